The Morgan fingerprint density at radius 3 is 2.89 bits per heavy atom. The van der Waals surface area contributed by atoms with Crippen molar-refractivity contribution in [1.82, 2.24) is 0 Å². The number of para-hydroxylation sites is 1. The summed E-state index contributed by atoms with van der Waals surface area (Å²) in [6, 6.07) is 16.3. The Hall–Kier alpha value is -2.16. The predicted molar refractivity (Wildman–Crippen MR) is 73.8 cm³/mol. The Balaban J connectivity index is 1.86. The van der Waals surface area contributed by atoms with Crippen molar-refractivity contribution in [2.45, 2.75) is 12.5 Å². The van der Waals surface area contributed by atoms with Crippen LogP contribution in [0.5, 0.6) is 5.75 Å². The third kappa shape index (κ3) is 2.12. The number of hydrogen-bond donors (Lipinski definition) is 2. The number of hydrogen-bond acceptors (Lipinski definition) is 3. The molecule has 0 spiro atoms. The minimum atomic E-state index is 0.289. The third-order valence-electron chi connectivity index (χ3n) is 3.19. The Morgan fingerprint density at radius 1 is 1.11 bits per heavy atom. The van der Waals surface area contributed by atoms with Gasteiger partial charge >= 0.3 is 0 Å². The molecule has 3 heteroatoms. The van der Waals surface area contributed by atoms with Gasteiger partial charge in [0.15, 0.2) is 0 Å². The number of fused-ring (bicyclic) bond motifs is 1. The van der Waals surface area contributed by atoms with Crippen molar-refractivity contribution in [3.8, 4) is 5.75 Å². The van der Waals surface area contributed by atoms with Gasteiger partial charge in [0.25, 0.3) is 0 Å². The summed E-state index contributed by atoms with van der Waals surface area (Å²) >= 11 is 0. The van der Waals surface area contributed by atoms with E-state index < -0.39 is 0 Å². The second kappa shape index (κ2) is 4.61. The van der Waals surface area contributed by atoms with Crippen LogP contribution in [0.3, 0.4) is 0 Å². The van der Waals surface area contributed by atoms with E-state index in [9.17, 15) is 0 Å². The molecule has 1 aliphatic rings. The number of nitrogens with one attached hydrogen (secondary N) is 1. The predicted octanol–water partition coefficient (Wildman–Crippen LogP) is 3.20. The van der Waals surface area contributed by atoms with Crippen LogP contribution in [0.4, 0.5) is 11.4 Å². The molecular formula is C15H16N2O. The summed E-state index contributed by atoms with van der Waals surface area (Å²) in [5.74, 6) is 0.977. The normalized spacial score (nSPS) is 17.7. The molecule has 0 bridgehead atoms. The smallest absolute Gasteiger partial charge is 0.124 e. The summed E-state index contributed by atoms with van der Waals surface area (Å²) in [4.78, 5) is 0. The van der Waals surface area contributed by atoms with Gasteiger partial charge in [0, 0.05) is 23.4 Å². The Kier molecular flexibility index (Phi) is 2.81. The summed E-state index contributed by atoms with van der Waals surface area (Å²) in [7, 11) is 0. The molecule has 0 saturated carbocycles. The standard InChI is InChI=1S/C15H16N2O/c16-11-4-3-5-12(10-11)17-14-8-9-18-15-7-2-1-6-13(14)15/h1-7,10,14,17H,8-9,16H2. The molecular weight excluding hydrogens is 224 g/mol. The molecule has 0 fully saturated rings. The molecule has 0 radical (unpaired) electrons. The van der Waals surface area contributed by atoms with Crippen molar-refractivity contribution in [1.29, 1.82) is 0 Å². The first-order valence-electron chi connectivity index (χ1n) is 6.17. The van der Waals surface area contributed by atoms with E-state index in [1.807, 2.05) is 42.5 Å². The van der Waals surface area contributed by atoms with Gasteiger partial charge in [-0.25, -0.2) is 0 Å². The van der Waals surface area contributed by atoms with Crippen LogP contribution in [-0.2, 0) is 0 Å². The van der Waals surface area contributed by atoms with Crippen molar-refractivity contribution in [3.63, 3.8) is 0 Å². The number of benzene rings is 2. The second-order valence-corrected chi connectivity index (χ2v) is 4.50. The number of ether oxygens (including phenoxy) is 1. The van der Waals surface area contributed by atoms with Gasteiger partial charge in [0.1, 0.15) is 5.75 Å². The highest BCUT2D eigenvalue weighted by Crippen LogP contribution is 2.34. The van der Waals surface area contributed by atoms with E-state index in [-0.39, 0.29) is 6.04 Å². The summed E-state index contributed by atoms with van der Waals surface area (Å²) in [6.07, 6.45) is 0.964. The summed E-state index contributed by atoms with van der Waals surface area (Å²) in [5.41, 5.74) is 8.84. The largest absolute Gasteiger partial charge is 0.493 e. The first-order valence-corrected chi connectivity index (χ1v) is 6.17. The lowest BCUT2D eigenvalue weighted by Gasteiger charge is -2.27. The fourth-order valence-corrected chi connectivity index (χ4v) is 2.32. The SMILES string of the molecule is Nc1cccc(NC2CCOc3ccccc32)c1. The maximum Gasteiger partial charge on any atom is 0.124 e. The van der Waals surface area contributed by atoms with Crippen molar-refractivity contribution in [2.24, 2.45) is 0 Å². The lowest BCUT2D eigenvalue weighted by atomic mass is 10.0. The summed E-state index contributed by atoms with van der Waals surface area (Å²) in [6.45, 7) is 0.747. The molecule has 3 rings (SSSR count). The monoisotopic (exact) mass is 240 g/mol. The van der Waals surface area contributed by atoms with Crippen LogP contribution in [0.1, 0.15) is 18.0 Å². The van der Waals surface area contributed by atoms with Crippen LogP contribution in [-0.4, -0.2) is 6.61 Å². The van der Waals surface area contributed by atoms with Gasteiger partial charge in [-0.05, 0) is 24.3 Å². The highest BCUT2D eigenvalue weighted by atomic mass is 16.5. The lowest BCUT2D eigenvalue weighted by Crippen LogP contribution is -2.20. The topological polar surface area (TPSA) is 47.3 Å². The minimum absolute atomic E-state index is 0.289. The molecule has 1 aliphatic heterocycles. The zero-order valence-electron chi connectivity index (χ0n) is 10.1. The van der Waals surface area contributed by atoms with E-state index in [2.05, 4.69) is 11.4 Å². The zero-order valence-corrected chi connectivity index (χ0v) is 10.1. The van der Waals surface area contributed by atoms with Crippen LogP contribution >= 0.6 is 0 Å². The molecule has 3 N–H and O–H groups in total. The van der Waals surface area contributed by atoms with Gasteiger partial charge in [-0.1, -0.05) is 24.3 Å². The van der Waals surface area contributed by atoms with E-state index in [1.165, 1.54) is 5.56 Å². The maximum absolute atomic E-state index is 5.79. The average molecular weight is 240 g/mol. The van der Waals surface area contributed by atoms with Gasteiger partial charge in [-0.15, -0.1) is 0 Å². The van der Waals surface area contributed by atoms with Gasteiger partial charge < -0.3 is 15.8 Å². The zero-order chi connectivity index (χ0) is 12.4. The van der Waals surface area contributed by atoms with E-state index in [0.717, 1.165) is 30.2 Å². The van der Waals surface area contributed by atoms with E-state index >= 15 is 0 Å². The van der Waals surface area contributed by atoms with Crippen LogP contribution in [0.15, 0.2) is 48.5 Å². The van der Waals surface area contributed by atoms with Crippen LogP contribution in [0.2, 0.25) is 0 Å². The van der Waals surface area contributed by atoms with Crippen molar-refractivity contribution in [2.75, 3.05) is 17.7 Å². The Bertz CT molecular complexity index is 554. The summed E-state index contributed by atoms with van der Waals surface area (Å²) < 4.78 is 5.65. The van der Waals surface area contributed by atoms with E-state index in [0.29, 0.717) is 0 Å². The van der Waals surface area contributed by atoms with E-state index in [4.69, 9.17) is 10.5 Å². The fraction of sp³-hybridized carbons (Fsp3) is 0.200. The maximum atomic E-state index is 5.79. The highest BCUT2D eigenvalue weighted by molar-refractivity contribution is 5.56. The molecule has 2 aromatic rings. The van der Waals surface area contributed by atoms with Crippen LogP contribution < -0.4 is 15.8 Å². The molecule has 1 atom stereocenters. The van der Waals surface area contributed by atoms with Gasteiger partial charge in [0.05, 0.1) is 12.6 Å². The van der Waals surface area contributed by atoms with Crippen molar-refractivity contribution in [3.05, 3.63) is 54.1 Å². The first kappa shape index (κ1) is 11.0. The molecule has 0 saturated heterocycles. The Morgan fingerprint density at radius 2 is 2.00 bits per heavy atom. The second-order valence-electron chi connectivity index (χ2n) is 4.50. The molecule has 0 aliphatic carbocycles. The average Bonchev–Trinajstić information content (AvgIpc) is 2.39. The summed E-state index contributed by atoms with van der Waals surface area (Å²) in [5, 5.41) is 3.52. The van der Waals surface area contributed by atoms with Gasteiger partial charge in [-0.2, -0.15) is 0 Å². The molecule has 2 aromatic carbocycles. The van der Waals surface area contributed by atoms with E-state index in [1.54, 1.807) is 0 Å². The number of nitrogen functional groups attached to an aromatic ring is 1. The highest BCUT2D eigenvalue weighted by Gasteiger charge is 2.20. The minimum Gasteiger partial charge on any atom is -0.493 e. The molecule has 0 amide bonds. The lowest BCUT2D eigenvalue weighted by molar-refractivity contribution is 0.274. The molecule has 1 unspecified atom stereocenters. The quantitative estimate of drug-likeness (QED) is 0.792. The fourth-order valence-electron chi connectivity index (χ4n) is 2.32. The number of rotatable bonds is 2. The molecule has 0 aromatic heterocycles. The van der Waals surface area contributed by atoms with Gasteiger partial charge in [-0.3, -0.25) is 0 Å². The first-order chi connectivity index (χ1) is 8.83. The molecule has 92 valence electrons. The van der Waals surface area contributed by atoms with Crippen LogP contribution in [0, 0.1) is 0 Å². The molecule has 3 nitrogen and oxygen atoms in total. The number of nitrogens with two attached hydrogens (primary N) is 1. The Labute approximate surface area is 107 Å². The molecule has 18 heavy (non-hydrogen) atoms. The molecule has 1 heterocycles. The number of anilines is 2. The van der Waals surface area contributed by atoms with Crippen LogP contribution in [0.25, 0.3) is 0 Å². The third-order valence-corrected chi connectivity index (χ3v) is 3.19. The van der Waals surface area contributed by atoms with Gasteiger partial charge in [0.2, 0.25) is 0 Å². The van der Waals surface area contributed by atoms with Crippen molar-refractivity contribution < 1.29 is 4.74 Å². The van der Waals surface area contributed by atoms with Crippen molar-refractivity contribution >= 4 is 11.4 Å².